The molecule has 0 radical (unpaired) electrons. The monoisotopic (exact) mass is 448 g/mol. The van der Waals surface area contributed by atoms with Crippen molar-refractivity contribution in [3.05, 3.63) is 51.6 Å². The molecule has 0 saturated heterocycles. The Morgan fingerprint density at radius 2 is 1.82 bits per heavy atom. The van der Waals surface area contributed by atoms with Gasteiger partial charge in [0, 0.05) is 23.7 Å². The summed E-state index contributed by atoms with van der Waals surface area (Å²) < 4.78 is 2.10. The summed E-state index contributed by atoms with van der Waals surface area (Å²) in [5.41, 5.74) is 2.89. The maximum atomic E-state index is 13.1. The lowest BCUT2D eigenvalue weighted by Gasteiger charge is -2.38. The van der Waals surface area contributed by atoms with Gasteiger partial charge in [-0.25, -0.2) is 4.68 Å². The average Bonchev–Trinajstić information content (AvgIpc) is 3.55. The number of benzene rings is 1. The first-order valence-electron chi connectivity index (χ1n) is 12.7. The standard InChI is InChI=1S/C26H36N6O/c1-17(2)24(25-28-29-30-32(25)22-10-6-7-11-22)31(21-8-4-5-9-21)16-20-15-19-13-12-18(3)14-23(19)27-26(20)33/h12-15,17,21-22,24H,4-11,16H2,1-3H3,(H,27,33)/t24-/m1/s1. The van der Waals surface area contributed by atoms with E-state index in [0.717, 1.165) is 40.7 Å². The molecule has 0 aliphatic heterocycles. The third kappa shape index (κ3) is 4.47. The summed E-state index contributed by atoms with van der Waals surface area (Å²) in [6, 6.07) is 9.25. The lowest BCUT2D eigenvalue weighted by atomic mass is 9.97. The van der Waals surface area contributed by atoms with Crippen molar-refractivity contribution in [2.24, 2.45) is 5.92 Å². The molecular weight excluding hydrogens is 412 g/mol. The molecule has 0 spiro atoms. The van der Waals surface area contributed by atoms with Crippen molar-refractivity contribution in [3.8, 4) is 0 Å². The molecule has 2 aliphatic carbocycles. The third-order valence-electron chi connectivity index (χ3n) is 7.67. The number of nitrogens with one attached hydrogen (secondary N) is 1. The fourth-order valence-electron chi connectivity index (χ4n) is 6.00. The third-order valence-corrected chi connectivity index (χ3v) is 7.67. The Morgan fingerprint density at radius 3 is 2.55 bits per heavy atom. The molecule has 0 amide bonds. The predicted molar refractivity (Wildman–Crippen MR) is 130 cm³/mol. The lowest BCUT2D eigenvalue weighted by molar-refractivity contribution is 0.0826. The molecule has 1 aromatic carbocycles. The zero-order valence-corrected chi connectivity index (χ0v) is 20.1. The van der Waals surface area contributed by atoms with Gasteiger partial charge in [-0.15, -0.1) is 5.10 Å². The highest BCUT2D eigenvalue weighted by Crippen LogP contribution is 2.38. The first-order chi connectivity index (χ1) is 16.0. The van der Waals surface area contributed by atoms with Crippen LogP contribution in [-0.4, -0.2) is 36.1 Å². The summed E-state index contributed by atoms with van der Waals surface area (Å²) in [6.45, 7) is 7.18. The second kappa shape index (κ2) is 9.37. The van der Waals surface area contributed by atoms with Crippen LogP contribution in [0.2, 0.25) is 0 Å². The van der Waals surface area contributed by atoms with E-state index in [0.29, 0.717) is 24.5 Å². The van der Waals surface area contributed by atoms with Crippen LogP contribution in [0.4, 0.5) is 0 Å². The van der Waals surface area contributed by atoms with Crippen molar-refractivity contribution in [3.63, 3.8) is 0 Å². The molecule has 1 atom stereocenters. The Labute approximate surface area is 195 Å². The van der Waals surface area contributed by atoms with E-state index < -0.39 is 0 Å². The Hall–Kier alpha value is -2.54. The SMILES string of the molecule is Cc1ccc2cc(CN(C3CCCC3)[C@@H](c3nnnn3C3CCCC3)C(C)C)c(=O)[nH]c2c1. The molecule has 7 heteroatoms. The van der Waals surface area contributed by atoms with Gasteiger partial charge < -0.3 is 4.98 Å². The Balaban J connectivity index is 1.54. The van der Waals surface area contributed by atoms with Crippen LogP contribution >= 0.6 is 0 Å². The van der Waals surface area contributed by atoms with Crippen molar-refractivity contribution in [2.75, 3.05) is 0 Å². The lowest BCUT2D eigenvalue weighted by Crippen LogP contribution is -2.41. The molecule has 2 aliphatic rings. The smallest absolute Gasteiger partial charge is 0.252 e. The van der Waals surface area contributed by atoms with Crippen LogP contribution < -0.4 is 5.56 Å². The van der Waals surface area contributed by atoms with Gasteiger partial charge in [-0.3, -0.25) is 9.69 Å². The predicted octanol–water partition coefficient (Wildman–Crippen LogP) is 5.08. The molecule has 0 unspecified atom stereocenters. The normalized spacial score (nSPS) is 18.8. The van der Waals surface area contributed by atoms with Gasteiger partial charge in [0.2, 0.25) is 0 Å². The van der Waals surface area contributed by atoms with E-state index in [9.17, 15) is 4.79 Å². The molecule has 1 N–H and O–H groups in total. The summed E-state index contributed by atoms with van der Waals surface area (Å²) in [5.74, 6) is 1.30. The van der Waals surface area contributed by atoms with Crippen LogP contribution in [0.15, 0.2) is 29.1 Å². The second-order valence-corrected chi connectivity index (χ2v) is 10.4. The van der Waals surface area contributed by atoms with E-state index in [-0.39, 0.29) is 11.6 Å². The summed E-state index contributed by atoms with van der Waals surface area (Å²) in [4.78, 5) is 18.8. The van der Waals surface area contributed by atoms with Crippen LogP contribution in [0, 0.1) is 12.8 Å². The summed E-state index contributed by atoms with van der Waals surface area (Å²) in [7, 11) is 0. The number of H-pyrrole nitrogens is 1. The van der Waals surface area contributed by atoms with Crippen LogP contribution in [0.1, 0.15) is 94.2 Å². The van der Waals surface area contributed by atoms with E-state index in [2.05, 4.69) is 69.1 Å². The van der Waals surface area contributed by atoms with Gasteiger partial charge in [0.25, 0.3) is 5.56 Å². The van der Waals surface area contributed by atoms with E-state index in [1.807, 2.05) is 6.07 Å². The maximum absolute atomic E-state index is 13.1. The molecule has 33 heavy (non-hydrogen) atoms. The van der Waals surface area contributed by atoms with Crippen molar-refractivity contribution >= 4 is 10.9 Å². The molecular formula is C26H36N6O. The van der Waals surface area contributed by atoms with Crippen molar-refractivity contribution < 1.29 is 0 Å². The quantitative estimate of drug-likeness (QED) is 0.545. The first-order valence-corrected chi connectivity index (χ1v) is 12.7. The largest absolute Gasteiger partial charge is 0.322 e. The number of aryl methyl sites for hydroxylation is 1. The minimum Gasteiger partial charge on any atom is -0.322 e. The van der Waals surface area contributed by atoms with Gasteiger partial charge in [0.05, 0.1) is 12.1 Å². The zero-order chi connectivity index (χ0) is 22.9. The van der Waals surface area contributed by atoms with Crippen LogP contribution in [-0.2, 0) is 6.54 Å². The Morgan fingerprint density at radius 1 is 1.09 bits per heavy atom. The molecule has 7 nitrogen and oxygen atoms in total. The Bertz CT molecular complexity index is 1150. The molecule has 2 aromatic heterocycles. The highest BCUT2D eigenvalue weighted by molar-refractivity contribution is 5.79. The number of pyridine rings is 1. The van der Waals surface area contributed by atoms with E-state index in [1.165, 1.54) is 38.5 Å². The highest BCUT2D eigenvalue weighted by Gasteiger charge is 2.36. The van der Waals surface area contributed by atoms with Crippen LogP contribution in [0.5, 0.6) is 0 Å². The van der Waals surface area contributed by atoms with Gasteiger partial charge in [-0.1, -0.05) is 51.7 Å². The van der Waals surface area contributed by atoms with Gasteiger partial charge >= 0.3 is 0 Å². The first kappa shape index (κ1) is 22.3. The van der Waals surface area contributed by atoms with Crippen molar-refractivity contribution in [1.82, 2.24) is 30.1 Å². The van der Waals surface area contributed by atoms with Crippen LogP contribution in [0.25, 0.3) is 10.9 Å². The van der Waals surface area contributed by atoms with E-state index in [1.54, 1.807) is 0 Å². The van der Waals surface area contributed by atoms with Gasteiger partial charge in [-0.05, 0) is 72.0 Å². The average molecular weight is 449 g/mol. The fourth-order valence-corrected chi connectivity index (χ4v) is 6.00. The molecule has 2 saturated carbocycles. The summed E-state index contributed by atoms with van der Waals surface area (Å²) >= 11 is 0. The maximum Gasteiger partial charge on any atom is 0.252 e. The summed E-state index contributed by atoms with van der Waals surface area (Å²) in [6.07, 6.45) is 9.60. The minimum atomic E-state index is 0.00832. The number of aromatic amines is 1. The molecule has 3 aromatic rings. The molecule has 176 valence electrons. The van der Waals surface area contributed by atoms with E-state index in [4.69, 9.17) is 0 Å². The van der Waals surface area contributed by atoms with Gasteiger partial charge in [-0.2, -0.15) is 0 Å². The second-order valence-electron chi connectivity index (χ2n) is 10.4. The Kier molecular flexibility index (Phi) is 6.32. The minimum absolute atomic E-state index is 0.00832. The van der Waals surface area contributed by atoms with E-state index >= 15 is 0 Å². The number of rotatable bonds is 7. The number of aromatic nitrogens is 5. The van der Waals surface area contributed by atoms with Gasteiger partial charge in [0.15, 0.2) is 5.82 Å². The fraction of sp³-hybridized carbons (Fsp3) is 0.615. The van der Waals surface area contributed by atoms with Crippen molar-refractivity contribution in [2.45, 2.75) is 96.8 Å². The number of fused-ring (bicyclic) bond motifs is 1. The zero-order valence-electron chi connectivity index (χ0n) is 20.1. The number of hydrogen-bond acceptors (Lipinski definition) is 5. The number of hydrogen-bond donors (Lipinski definition) is 1. The highest BCUT2D eigenvalue weighted by atomic mass is 16.1. The van der Waals surface area contributed by atoms with Crippen LogP contribution in [0.3, 0.4) is 0 Å². The molecule has 2 heterocycles. The van der Waals surface area contributed by atoms with Crippen molar-refractivity contribution in [1.29, 1.82) is 0 Å². The number of tetrazole rings is 1. The number of nitrogens with zero attached hydrogens (tertiary/aromatic N) is 5. The summed E-state index contributed by atoms with van der Waals surface area (Å²) in [5, 5.41) is 14.2. The topological polar surface area (TPSA) is 79.7 Å². The molecule has 2 fully saturated rings. The molecule has 5 rings (SSSR count). The van der Waals surface area contributed by atoms with Gasteiger partial charge in [0.1, 0.15) is 0 Å². The molecule has 0 bridgehead atoms.